The Hall–Kier alpha value is -2.11. The van der Waals surface area contributed by atoms with Crippen molar-refractivity contribution in [1.29, 1.82) is 0 Å². The zero-order valence-electron chi connectivity index (χ0n) is 12.8. The number of benzene rings is 2. The van der Waals surface area contributed by atoms with E-state index in [2.05, 4.69) is 15.8 Å². The molecule has 4 nitrogen and oxygen atoms in total. The molecule has 23 heavy (non-hydrogen) atoms. The zero-order valence-corrected chi connectivity index (χ0v) is 14.4. The van der Waals surface area contributed by atoms with Gasteiger partial charge in [-0.1, -0.05) is 29.8 Å². The van der Waals surface area contributed by atoms with Crippen LogP contribution in [-0.2, 0) is 6.61 Å². The summed E-state index contributed by atoms with van der Waals surface area (Å²) in [6, 6.07) is 15.4. The molecule has 0 radical (unpaired) electrons. The number of hydrogen-bond acceptors (Lipinski definition) is 2. The summed E-state index contributed by atoms with van der Waals surface area (Å²) in [5.41, 5.74) is 4.92. The van der Waals surface area contributed by atoms with E-state index in [1.807, 2.05) is 61.7 Å². The van der Waals surface area contributed by atoms with Crippen molar-refractivity contribution in [3.63, 3.8) is 0 Å². The van der Waals surface area contributed by atoms with Gasteiger partial charge in [-0.15, -0.1) is 10.5 Å². The minimum absolute atomic E-state index is 0.497. The monoisotopic (exact) mass is 348 g/mol. The molecule has 0 aliphatic carbocycles. The van der Waals surface area contributed by atoms with E-state index in [0.29, 0.717) is 11.7 Å². The third-order valence-electron chi connectivity index (χ3n) is 2.94. The van der Waals surface area contributed by atoms with Crippen LogP contribution in [0.4, 0.5) is 0 Å². The summed E-state index contributed by atoms with van der Waals surface area (Å²) >= 11 is 10.9. The second-order valence-electron chi connectivity index (χ2n) is 4.76. The van der Waals surface area contributed by atoms with Crippen molar-refractivity contribution in [2.24, 2.45) is 0 Å². The van der Waals surface area contributed by atoms with Crippen molar-refractivity contribution >= 4 is 35.1 Å². The molecule has 0 aromatic heterocycles. The Morgan fingerprint density at radius 2 is 2.04 bits per heavy atom. The zero-order chi connectivity index (χ0) is 16.5. The number of hydrazine groups is 1. The molecule has 2 aromatic rings. The maximum Gasteiger partial charge on any atom is 0.223 e. The van der Waals surface area contributed by atoms with Gasteiger partial charge in [0.2, 0.25) is 5.11 Å². The predicted molar refractivity (Wildman–Crippen MR) is 97.8 cm³/mol. The molecule has 0 spiro atoms. The second-order valence-corrected chi connectivity index (χ2v) is 5.61. The van der Waals surface area contributed by atoms with Gasteiger partial charge in [-0.05, 0) is 55.0 Å². The molecule has 0 aliphatic heterocycles. The normalized spacial score (nSPS) is 10.5. The molecule has 0 atom stereocenters. The Kier molecular flexibility index (Phi) is 6.84. The van der Waals surface area contributed by atoms with Gasteiger partial charge in [0.1, 0.15) is 12.4 Å². The van der Waals surface area contributed by atoms with Crippen LogP contribution in [0.15, 0.2) is 48.5 Å². The first kappa shape index (κ1) is 17.2. The van der Waals surface area contributed by atoms with Crippen LogP contribution in [0, 0.1) is 0 Å². The van der Waals surface area contributed by atoms with Crippen LogP contribution in [0.3, 0.4) is 0 Å². The van der Waals surface area contributed by atoms with Crippen molar-refractivity contribution in [3.05, 3.63) is 64.7 Å². The van der Waals surface area contributed by atoms with E-state index in [-0.39, 0.29) is 0 Å². The third-order valence-corrected chi connectivity index (χ3v) is 3.44. The van der Waals surface area contributed by atoms with Crippen LogP contribution < -0.4 is 20.6 Å². The van der Waals surface area contributed by atoms with Gasteiger partial charge < -0.3 is 10.1 Å². The van der Waals surface area contributed by atoms with Crippen LogP contribution in [0.25, 0.3) is 0 Å². The molecular formula is C17H19ClN3OS+. The quantitative estimate of drug-likeness (QED) is 0.423. The molecule has 3 N–H and O–H groups in total. The number of halogens is 1. The van der Waals surface area contributed by atoms with Crippen LogP contribution in [0.1, 0.15) is 18.1 Å². The number of ether oxygens (including phenoxy) is 1. The number of nitrogens with one attached hydrogen (secondary N) is 3. The van der Waals surface area contributed by atoms with Gasteiger partial charge in [0.15, 0.2) is 6.21 Å². The maximum atomic E-state index is 5.87. The van der Waals surface area contributed by atoms with Gasteiger partial charge in [-0.25, -0.2) is 0 Å². The van der Waals surface area contributed by atoms with Crippen molar-refractivity contribution in [2.45, 2.75) is 13.5 Å². The van der Waals surface area contributed by atoms with Crippen molar-refractivity contribution in [2.75, 3.05) is 6.54 Å². The molecule has 0 bridgehead atoms. The highest BCUT2D eigenvalue weighted by atomic mass is 35.5. The molecule has 0 unspecified atom stereocenters. The van der Waals surface area contributed by atoms with Crippen molar-refractivity contribution in [3.8, 4) is 5.75 Å². The summed E-state index contributed by atoms with van der Waals surface area (Å²) in [5.74, 6) is 0.796. The lowest BCUT2D eigenvalue weighted by Gasteiger charge is -2.06. The molecule has 0 amide bonds. The van der Waals surface area contributed by atoms with Gasteiger partial charge in [0, 0.05) is 17.1 Å². The van der Waals surface area contributed by atoms with Crippen molar-refractivity contribution < 1.29 is 9.84 Å². The van der Waals surface area contributed by atoms with Crippen molar-refractivity contribution in [1.82, 2.24) is 10.7 Å². The molecule has 6 heteroatoms. The SMILES string of the molecule is CCNC(=S)N[NH+]=Cc1cccc(OCc2ccc(Cl)cc2)c1. The van der Waals surface area contributed by atoms with Crippen LogP contribution in [0.2, 0.25) is 5.02 Å². The Balaban J connectivity index is 1.90. The minimum atomic E-state index is 0.497. The molecule has 0 saturated carbocycles. The lowest BCUT2D eigenvalue weighted by molar-refractivity contribution is -0.500. The molecule has 0 heterocycles. The fraction of sp³-hybridized carbons (Fsp3) is 0.176. The van der Waals surface area contributed by atoms with E-state index in [0.717, 1.165) is 28.4 Å². The first-order chi connectivity index (χ1) is 11.2. The first-order valence-corrected chi connectivity index (χ1v) is 8.06. The number of thiocarbonyl (C=S) groups is 1. The summed E-state index contributed by atoms with van der Waals surface area (Å²) in [4.78, 5) is 0. The van der Waals surface area contributed by atoms with Crippen LogP contribution >= 0.6 is 23.8 Å². The molecule has 0 aliphatic rings. The molecular weight excluding hydrogens is 330 g/mol. The Morgan fingerprint density at radius 1 is 1.26 bits per heavy atom. The van der Waals surface area contributed by atoms with Gasteiger partial charge >= 0.3 is 0 Å². The van der Waals surface area contributed by atoms with E-state index in [1.165, 1.54) is 0 Å². The van der Waals surface area contributed by atoms with Crippen LogP contribution in [0.5, 0.6) is 5.75 Å². The topological polar surface area (TPSA) is 47.3 Å². The summed E-state index contributed by atoms with van der Waals surface area (Å²) in [5, 5.41) is 7.21. The minimum Gasteiger partial charge on any atom is -0.489 e. The molecule has 2 rings (SSSR count). The molecule has 0 fully saturated rings. The fourth-order valence-electron chi connectivity index (χ4n) is 1.83. The van der Waals surface area contributed by atoms with E-state index in [1.54, 1.807) is 0 Å². The van der Waals surface area contributed by atoms with Gasteiger partial charge in [0.25, 0.3) is 0 Å². The van der Waals surface area contributed by atoms with E-state index < -0.39 is 0 Å². The van der Waals surface area contributed by atoms with Gasteiger partial charge in [0.05, 0.1) is 0 Å². The lowest BCUT2D eigenvalue weighted by Crippen LogP contribution is -2.82. The maximum absolute atomic E-state index is 5.87. The Bertz CT molecular complexity index is 674. The average molecular weight is 349 g/mol. The summed E-state index contributed by atoms with van der Waals surface area (Å²) in [6.07, 6.45) is 1.82. The largest absolute Gasteiger partial charge is 0.489 e. The highest BCUT2D eigenvalue weighted by Gasteiger charge is 2.00. The smallest absolute Gasteiger partial charge is 0.223 e. The van der Waals surface area contributed by atoms with E-state index in [4.69, 9.17) is 28.6 Å². The summed E-state index contributed by atoms with van der Waals surface area (Å²) in [6.45, 7) is 3.26. The third kappa shape index (κ3) is 6.26. The van der Waals surface area contributed by atoms with E-state index in [9.17, 15) is 0 Å². The number of hydrazone groups is 1. The average Bonchev–Trinajstić information content (AvgIpc) is 2.55. The second kappa shape index (κ2) is 9.12. The molecule has 0 saturated heterocycles. The molecule has 2 aromatic carbocycles. The Morgan fingerprint density at radius 3 is 2.78 bits per heavy atom. The van der Waals surface area contributed by atoms with Gasteiger partial charge in [-0.2, -0.15) is 0 Å². The number of rotatable bonds is 6. The predicted octanol–water partition coefficient (Wildman–Crippen LogP) is 1.82. The van der Waals surface area contributed by atoms with Crippen LogP contribution in [-0.4, -0.2) is 17.9 Å². The van der Waals surface area contributed by atoms with Gasteiger partial charge in [-0.3, -0.25) is 0 Å². The highest BCUT2D eigenvalue weighted by molar-refractivity contribution is 7.80. The standard InChI is InChI=1S/C17H18ClN3OS/c1-2-19-17(23)21-20-11-14-4-3-5-16(10-14)22-12-13-6-8-15(18)9-7-13/h3-11H,2,12H2,1H3,(H2,19,21,23)/p+1. The lowest BCUT2D eigenvalue weighted by atomic mass is 10.2. The highest BCUT2D eigenvalue weighted by Crippen LogP contribution is 2.15. The fourth-order valence-corrected chi connectivity index (χ4v) is 2.16. The summed E-state index contributed by atoms with van der Waals surface area (Å²) in [7, 11) is 0. The summed E-state index contributed by atoms with van der Waals surface area (Å²) < 4.78 is 5.79. The number of hydrogen-bond donors (Lipinski definition) is 3. The molecule has 120 valence electrons. The Labute approximate surface area is 146 Å². The first-order valence-electron chi connectivity index (χ1n) is 7.27. The van der Waals surface area contributed by atoms with E-state index >= 15 is 0 Å².